The average Bonchev–Trinajstić information content (AvgIpc) is 3.40. The highest BCUT2D eigenvalue weighted by atomic mass is 16.6. The predicted molar refractivity (Wildman–Crippen MR) is 158 cm³/mol. The van der Waals surface area contributed by atoms with Gasteiger partial charge >= 0.3 is 29.8 Å². The Balaban J connectivity index is 1.17. The number of benzene rings is 2. The van der Waals surface area contributed by atoms with Gasteiger partial charge in [-0.15, -0.1) is 0 Å². The number of nitrogens with zero attached hydrogens (tertiary/aromatic N) is 1. The van der Waals surface area contributed by atoms with Crippen molar-refractivity contribution >= 4 is 29.8 Å². The molecular weight excluding hydrogens is 634 g/mol. The number of aliphatic hydroxyl groups excluding tert-OH is 1. The molecule has 2 heterocycles. The van der Waals surface area contributed by atoms with Gasteiger partial charge in [-0.05, 0) is 44.1 Å². The number of carbonyl (C=O) groups excluding carboxylic acids is 3. The lowest BCUT2D eigenvalue weighted by Crippen LogP contribution is -2.74. The van der Waals surface area contributed by atoms with Crippen molar-refractivity contribution in [2.45, 2.75) is 73.6 Å². The van der Waals surface area contributed by atoms with Gasteiger partial charge in [-0.25, -0.2) is 14.4 Å². The van der Waals surface area contributed by atoms with Crippen LogP contribution in [-0.2, 0) is 50.0 Å². The maximum absolute atomic E-state index is 13.1. The van der Waals surface area contributed by atoms with Gasteiger partial charge in [-0.1, -0.05) is 36.4 Å². The number of phenolic OH excluding ortho intramolecular Hbond substituents is 1. The highest BCUT2D eigenvalue weighted by Gasteiger charge is 2.72. The maximum Gasteiger partial charge on any atom is 0.353 e. The minimum absolute atomic E-state index is 0.0219. The molecule has 0 aromatic heterocycles. The molecule has 1 fully saturated rings. The van der Waals surface area contributed by atoms with Gasteiger partial charge in [0.2, 0.25) is 12.2 Å². The Bertz CT molecular complexity index is 1710. The first-order valence-electron chi connectivity index (χ1n) is 15.2. The monoisotopic (exact) mass is 667 g/mol. The van der Waals surface area contributed by atoms with E-state index >= 15 is 0 Å². The van der Waals surface area contributed by atoms with E-state index in [1.165, 1.54) is 36.4 Å². The van der Waals surface area contributed by atoms with Crippen LogP contribution in [0.25, 0.3) is 0 Å². The van der Waals surface area contributed by atoms with Gasteiger partial charge in [0.1, 0.15) is 5.76 Å². The van der Waals surface area contributed by atoms with Crippen molar-refractivity contribution in [1.29, 1.82) is 0 Å². The molecule has 48 heavy (non-hydrogen) atoms. The zero-order chi connectivity index (χ0) is 34.5. The lowest BCUT2D eigenvalue weighted by molar-refractivity contribution is -0.183. The van der Waals surface area contributed by atoms with Gasteiger partial charge in [0.15, 0.2) is 23.7 Å². The molecule has 2 aromatic rings. The Hall–Kier alpha value is -4.99. The van der Waals surface area contributed by atoms with Crippen molar-refractivity contribution in [3.63, 3.8) is 0 Å². The minimum atomic E-state index is -2.15. The van der Waals surface area contributed by atoms with Crippen LogP contribution in [-0.4, -0.2) is 104 Å². The summed E-state index contributed by atoms with van der Waals surface area (Å²) in [5.74, 6) is -7.10. The number of aromatic hydroxyl groups is 1. The number of aliphatic carboxylic acids is 2. The average molecular weight is 668 g/mol. The summed E-state index contributed by atoms with van der Waals surface area (Å²) in [5, 5.41) is 51.7. The first kappa shape index (κ1) is 32.9. The Morgan fingerprint density at radius 2 is 1.75 bits per heavy atom. The molecule has 5 N–H and O–H groups in total. The van der Waals surface area contributed by atoms with E-state index in [2.05, 4.69) is 4.90 Å². The number of carbonyl (C=O) groups is 5. The second-order valence-corrected chi connectivity index (χ2v) is 12.4. The molecule has 2 aromatic carbocycles. The SMILES string of the molecule is CN1CC[C@]23c4c5ccc(O)c4O[C@H]2C(OC(=O)C[C@H](O)C(=O)O[C@H](C(=O)O[C@H](CC(=O)O)C(=O)O)c2ccccc2)=CC[C@@]3(O)[C@@H]1C5. The van der Waals surface area contributed by atoms with E-state index in [9.17, 15) is 44.4 Å². The third-order valence-corrected chi connectivity index (χ3v) is 9.66. The Kier molecular flexibility index (Phi) is 8.39. The number of ether oxygens (including phenoxy) is 4. The first-order chi connectivity index (χ1) is 22.8. The predicted octanol–water partition coefficient (Wildman–Crippen LogP) is 0.720. The number of esters is 3. The van der Waals surface area contributed by atoms with Gasteiger partial charge in [0, 0.05) is 23.6 Å². The third kappa shape index (κ3) is 5.33. The third-order valence-electron chi connectivity index (χ3n) is 9.66. The van der Waals surface area contributed by atoms with Crippen LogP contribution in [0, 0.1) is 0 Å². The molecule has 0 saturated carbocycles. The summed E-state index contributed by atoms with van der Waals surface area (Å²) in [6.07, 6.45) is -6.54. The maximum atomic E-state index is 13.1. The van der Waals surface area contributed by atoms with Gasteiger partial charge in [0.05, 0.1) is 23.9 Å². The number of phenols is 1. The molecule has 2 aliphatic heterocycles. The molecule has 254 valence electrons. The summed E-state index contributed by atoms with van der Waals surface area (Å²) in [5.41, 5.74) is -0.737. The van der Waals surface area contributed by atoms with Crippen molar-refractivity contribution < 1.29 is 68.5 Å². The van der Waals surface area contributed by atoms with Crippen LogP contribution < -0.4 is 4.74 Å². The van der Waals surface area contributed by atoms with Crippen LogP contribution in [0.4, 0.5) is 0 Å². The standard InChI is InChI=1S/C33H33NO14/c1-34-12-11-32-25-17-7-8-18(35)27(25)47-28(32)20(9-10-33(32,44)22(34)13-17)45-24(39)14-19(36)30(42)48-26(16-5-3-2-4-6-16)31(43)46-21(29(40)41)15-23(37)38/h2-9,19,21-22,26,28,35-36,44H,10-15H2,1H3,(H,37,38)(H,40,41)/t19-,21+,22-,26-,28-,32-,33+/m0/s1. The Morgan fingerprint density at radius 1 is 1.02 bits per heavy atom. The fourth-order valence-electron chi connectivity index (χ4n) is 7.47. The highest BCUT2D eigenvalue weighted by Crippen LogP contribution is 2.65. The number of carboxylic acid groups (broad SMARTS) is 2. The van der Waals surface area contributed by atoms with Crippen molar-refractivity contribution in [1.82, 2.24) is 4.90 Å². The van der Waals surface area contributed by atoms with Crippen LogP contribution >= 0.6 is 0 Å². The summed E-state index contributed by atoms with van der Waals surface area (Å²) >= 11 is 0. The number of piperidine rings is 1. The normalized spacial score (nSPS) is 26.9. The van der Waals surface area contributed by atoms with Crippen molar-refractivity contribution in [2.75, 3.05) is 13.6 Å². The fourth-order valence-corrected chi connectivity index (χ4v) is 7.47. The second kappa shape index (κ2) is 12.2. The molecule has 1 saturated heterocycles. The van der Waals surface area contributed by atoms with Gasteiger partial charge in [-0.2, -0.15) is 0 Å². The zero-order valence-electron chi connectivity index (χ0n) is 25.6. The van der Waals surface area contributed by atoms with Crippen molar-refractivity contribution in [3.05, 3.63) is 71.0 Å². The van der Waals surface area contributed by atoms with E-state index in [4.69, 9.17) is 24.1 Å². The topological polar surface area (TPSA) is 227 Å². The van der Waals surface area contributed by atoms with Gasteiger partial charge in [-0.3, -0.25) is 9.59 Å². The van der Waals surface area contributed by atoms with Crippen LogP contribution in [0.5, 0.6) is 11.5 Å². The number of carboxylic acids is 2. The second-order valence-electron chi connectivity index (χ2n) is 12.4. The molecule has 0 amide bonds. The zero-order valence-corrected chi connectivity index (χ0v) is 25.6. The van der Waals surface area contributed by atoms with Crippen LogP contribution in [0.15, 0.2) is 54.3 Å². The van der Waals surface area contributed by atoms with Crippen molar-refractivity contribution in [3.8, 4) is 11.5 Å². The smallest absolute Gasteiger partial charge is 0.353 e. The molecular formula is C33H33NO14. The first-order valence-corrected chi connectivity index (χ1v) is 15.2. The summed E-state index contributed by atoms with van der Waals surface area (Å²) in [4.78, 5) is 63.5. The molecule has 0 unspecified atom stereocenters. The number of likely N-dealkylation sites (tertiary alicyclic amines) is 1. The van der Waals surface area contributed by atoms with E-state index in [0.717, 1.165) is 5.56 Å². The lowest BCUT2D eigenvalue weighted by atomic mass is 9.50. The van der Waals surface area contributed by atoms with Crippen molar-refractivity contribution in [2.24, 2.45) is 0 Å². The summed E-state index contributed by atoms with van der Waals surface area (Å²) in [6, 6.07) is 10.3. The molecule has 2 bridgehead atoms. The van der Waals surface area contributed by atoms with Gasteiger partial charge in [0.25, 0.3) is 0 Å². The van der Waals surface area contributed by atoms with Crippen LogP contribution in [0.3, 0.4) is 0 Å². The molecule has 15 nitrogen and oxygen atoms in total. The summed E-state index contributed by atoms with van der Waals surface area (Å²) < 4.78 is 21.8. The van der Waals surface area contributed by atoms with E-state index in [1.54, 1.807) is 12.1 Å². The number of rotatable bonds is 11. The molecule has 0 radical (unpaired) electrons. The fraction of sp³-hybridized carbons (Fsp3) is 0.424. The number of hydrogen-bond donors (Lipinski definition) is 5. The molecule has 1 spiro atoms. The molecule has 15 heteroatoms. The van der Waals surface area contributed by atoms with E-state index < -0.39 is 78.1 Å². The number of likely N-dealkylation sites (N-methyl/N-ethyl adjacent to an activating group) is 1. The minimum Gasteiger partial charge on any atom is -0.504 e. The van der Waals surface area contributed by atoms with E-state index in [1.807, 2.05) is 7.05 Å². The van der Waals surface area contributed by atoms with E-state index in [-0.39, 0.29) is 35.3 Å². The molecule has 4 aliphatic rings. The van der Waals surface area contributed by atoms with Crippen LogP contribution in [0.2, 0.25) is 0 Å². The molecule has 2 aliphatic carbocycles. The molecule has 7 atom stereocenters. The Labute approximate surface area is 272 Å². The van der Waals surface area contributed by atoms with E-state index in [0.29, 0.717) is 24.9 Å². The lowest BCUT2D eigenvalue weighted by Gasteiger charge is -2.61. The van der Waals surface area contributed by atoms with Gasteiger partial charge < -0.3 is 49.4 Å². The van der Waals surface area contributed by atoms with Crippen LogP contribution in [0.1, 0.15) is 48.5 Å². The highest BCUT2D eigenvalue weighted by molar-refractivity contribution is 5.87. The Morgan fingerprint density at radius 3 is 2.44 bits per heavy atom. The largest absolute Gasteiger partial charge is 0.504 e. The number of hydrogen-bond acceptors (Lipinski definition) is 13. The quantitative estimate of drug-likeness (QED) is 0.164. The summed E-state index contributed by atoms with van der Waals surface area (Å²) in [7, 11) is 1.93. The molecule has 6 rings (SSSR count). The number of aliphatic hydroxyl groups is 2. The summed E-state index contributed by atoms with van der Waals surface area (Å²) in [6.45, 7) is 0.599.